The van der Waals surface area contributed by atoms with Gasteiger partial charge in [0.1, 0.15) is 12.3 Å². The number of hydrogen-bond donors (Lipinski definition) is 0. The number of thioether (sulfide) groups is 1. The van der Waals surface area contributed by atoms with Crippen LogP contribution in [0.2, 0.25) is 0 Å². The smallest absolute Gasteiger partial charge is 0.336 e. The minimum atomic E-state index is -4.46. The first-order valence-corrected chi connectivity index (χ1v) is 16.3. The lowest BCUT2D eigenvalue weighted by Gasteiger charge is -2.28. The van der Waals surface area contributed by atoms with Crippen molar-refractivity contribution in [2.45, 2.75) is 63.2 Å². The molecule has 1 amide bonds. The maximum Gasteiger partial charge on any atom is 0.416 e. The Balaban J connectivity index is 1.49. The Hall–Kier alpha value is -3.96. The highest BCUT2D eigenvalue weighted by atomic mass is 32.2. The van der Waals surface area contributed by atoms with E-state index < -0.39 is 59.7 Å². The van der Waals surface area contributed by atoms with Crippen molar-refractivity contribution < 1.29 is 30.6 Å². The zero-order valence-corrected chi connectivity index (χ0v) is 26.8. The molecule has 0 saturated heterocycles. The molecule has 0 saturated carbocycles. The van der Waals surface area contributed by atoms with Gasteiger partial charge in [-0.3, -0.25) is 9.59 Å². The molecule has 4 aromatic rings. The summed E-state index contributed by atoms with van der Waals surface area (Å²) in [5.41, 5.74) is 0.916. The van der Waals surface area contributed by atoms with Crippen LogP contribution in [0.1, 0.15) is 56.4 Å². The minimum absolute atomic E-state index is 0.0102. The number of amides is 1. The van der Waals surface area contributed by atoms with Crippen LogP contribution >= 0.6 is 11.8 Å². The van der Waals surface area contributed by atoms with Gasteiger partial charge in [-0.1, -0.05) is 74.1 Å². The third-order valence-corrected chi connectivity index (χ3v) is 9.01. The van der Waals surface area contributed by atoms with Gasteiger partial charge >= 0.3 is 6.18 Å². The topological polar surface area (TPSA) is 58.4 Å². The molecule has 0 radical (unpaired) electrons. The molecule has 0 bridgehead atoms. The predicted octanol–water partition coefficient (Wildman–Crippen LogP) is 7.22. The second-order valence-corrected chi connectivity index (χ2v) is 12.0. The molecule has 1 aliphatic rings. The Bertz CT molecular complexity index is 2010. The van der Waals surface area contributed by atoms with Crippen LogP contribution in [-0.2, 0) is 42.6 Å². The number of aromatic nitrogens is 2. The first-order chi connectivity index (χ1) is 25.0. The number of nitrogens with zero attached hydrogens (tertiary/aromatic N) is 4. The predicted molar refractivity (Wildman–Crippen MR) is 177 cm³/mol. The van der Waals surface area contributed by atoms with Crippen molar-refractivity contribution in [1.29, 1.82) is 0 Å². The van der Waals surface area contributed by atoms with E-state index in [4.69, 9.17) is 5.48 Å². The zero-order chi connectivity index (χ0) is 38.8. The Morgan fingerprint density at radius 1 is 0.957 bits per heavy atom. The first kappa shape index (κ1) is 27.0. The molecule has 0 unspecified atom stereocenters. The van der Waals surface area contributed by atoms with E-state index in [9.17, 15) is 29.9 Å². The maximum absolute atomic E-state index is 14.5. The first-order valence-electron chi connectivity index (χ1n) is 18.3. The van der Waals surface area contributed by atoms with Crippen molar-refractivity contribution in [3.8, 4) is 11.1 Å². The number of benzene rings is 3. The number of alkyl halides is 3. The summed E-state index contributed by atoms with van der Waals surface area (Å²) in [4.78, 5) is 35.1. The summed E-state index contributed by atoms with van der Waals surface area (Å²) in [6.45, 7) is 3.07. The van der Waals surface area contributed by atoms with Crippen LogP contribution in [0.15, 0.2) is 82.7 Å². The summed E-state index contributed by atoms with van der Waals surface area (Å²) in [7, 11) is 0. The molecule has 5 rings (SSSR count). The molecule has 1 aromatic heterocycles. The summed E-state index contributed by atoms with van der Waals surface area (Å²) in [5.74, 6) is -2.53. The Morgan fingerprint density at radius 3 is 2.21 bits per heavy atom. The summed E-state index contributed by atoms with van der Waals surface area (Å²) >= 11 is 0.760. The molecule has 0 fully saturated rings. The molecule has 11 heteroatoms. The van der Waals surface area contributed by atoms with Gasteiger partial charge in [0, 0.05) is 36.6 Å². The normalized spacial score (nSPS) is 15.0. The molecular formula is C36H38F4N4O2S. The number of rotatable bonds is 13. The maximum atomic E-state index is 14.5. The molecule has 0 N–H and O–H groups in total. The molecule has 6 nitrogen and oxygen atoms in total. The Kier molecular flexibility index (Phi) is 8.80. The highest BCUT2D eigenvalue weighted by molar-refractivity contribution is 7.98. The molecular weight excluding hydrogens is 628 g/mol. The largest absolute Gasteiger partial charge is 0.416 e. The van der Waals surface area contributed by atoms with Gasteiger partial charge < -0.3 is 14.4 Å². The summed E-state index contributed by atoms with van der Waals surface area (Å²) in [6.07, 6.45) is -3.31. The number of hydrogen-bond acceptors (Lipinski definition) is 5. The zero-order valence-electron chi connectivity index (χ0n) is 32.0. The SMILES string of the molecule is [2H]c1c([2H])c(CSc2nc(=O)c3c(n2C([2H])([2H])C(=O)N(CCN(CC)CC)Cc2ccc(-c4ccc(C(F)(F)F)cc4)cc2)CCC3)c([2H])c([2H])c1F. The average molecular weight is 673 g/mol. The van der Waals surface area contributed by atoms with Crippen LogP contribution in [0, 0.1) is 5.82 Å². The van der Waals surface area contributed by atoms with E-state index in [2.05, 4.69) is 9.88 Å². The van der Waals surface area contributed by atoms with Crippen molar-refractivity contribution in [2.75, 3.05) is 26.2 Å². The number of carbonyl (C=O) groups excluding carboxylic acids is 1. The molecule has 1 aliphatic carbocycles. The number of fused-ring (bicyclic) bond motifs is 1. The van der Waals surface area contributed by atoms with Crippen molar-refractivity contribution in [2.24, 2.45) is 0 Å². The van der Waals surface area contributed by atoms with Crippen molar-refractivity contribution in [1.82, 2.24) is 19.4 Å². The quantitative estimate of drug-likeness (QED) is 0.0853. The van der Waals surface area contributed by atoms with Crippen molar-refractivity contribution >= 4 is 17.7 Å². The van der Waals surface area contributed by atoms with Gasteiger partial charge in [-0.15, -0.1) is 0 Å². The van der Waals surface area contributed by atoms with Crippen LogP contribution < -0.4 is 5.56 Å². The minimum Gasteiger partial charge on any atom is -0.336 e. The van der Waals surface area contributed by atoms with Gasteiger partial charge in [0.15, 0.2) is 5.16 Å². The summed E-state index contributed by atoms with van der Waals surface area (Å²) < 4.78 is 105. The van der Waals surface area contributed by atoms with Gasteiger partial charge in [0.05, 0.1) is 13.8 Å². The third kappa shape index (κ3) is 8.70. The molecule has 1 heterocycles. The second-order valence-electron chi connectivity index (χ2n) is 11.0. The fraction of sp³-hybridized carbons (Fsp3) is 0.361. The van der Waals surface area contributed by atoms with Gasteiger partial charge in [-0.25, -0.2) is 4.39 Å². The number of likely N-dealkylation sites (N-methyl/N-ethyl adjacent to an activating group) is 1. The van der Waals surface area contributed by atoms with Crippen LogP contribution in [0.3, 0.4) is 0 Å². The van der Waals surface area contributed by atoms with E-state index in [1.807, 2.05) is 13.8 Å². The van der Waals surface area contributed by atoms with Crippen LogP contribution in [-0.4, -0.2) is 51.4 Å². The van der Waals surface area contributed by atoms with Gasteiger partial charge in [-0.05, 0) is 78.8 Å². The molecule has 0 spiro atoms. The van der Waals surface area contributed by atoms with Gasteiger partial charge in [-0.2, -0.15) is 18.2 Å². The lowest BCUT2D eigenvalue weighted by atomic mass is 10.0. The lowest BCUT2D eigenvalue weighted by Crippen LogP contribution is -2.40. The Labute approximate surface area is 284 Å². The van der Waals surface area contributed by atoms with Gasteiger partial charge in [0.25, 0.3) is 5.56 Å². The van der Waals surface area contributed by atoms with E-state index in [0.717, 1.165) is 28.5 Å². The summed E-state index contributed by atoms with van der Waals surface area (Å²) in [6, 6.07) is 8.70. The second kappa shape index (κ2) is 15.3. The lowest BCUT2D eigenvalue weighted by molar-refractivity contribution is -0.137. The van der Waals surface area contributed by atoms with E-state index >= 15 is 0 Å². The van der Waals surface area contributed by atoms with Crippen molar-refractivity contribution in [3.63, 3.8) is 0 Å². The molecule has 0 aliphatic heterocycles. The highest BCUT2D eigenvalue weighted by Crippen LogP contribution is 2.31. The molecule has 47 heavy (non-hydrogen) atoms. The van der Waals surface area contributed by atoms with E-state index in [0.29, 0.717) is 54.9 Å². The number of carbonyl (C=O) groups is 1. The van der Waals surface area contributed by atoms with E-state index in [-0.39, 0.29) is 41.5 Å². The third-order valence-electron chi connectivity index (χ3n) is 8.05. The number of halogens is 4. The molecule has 0 atom stereocenters. The molecule has 248 valence electrons. The fourth-order valence-corrected chi connectivity index (χ4v) is 6.21. The van der Waals surface area contributed by atoms with Crippen molar-refractivity contribution in [3.05, 3.63) is 117 Å². The van der Waals surface area contributed by atoms with Crippen LogP contribution in [0.25, 0.3) is 11.1 Å². The van der Waals surface area contributed by atoms with E-state index in [1.165, 1.54) is 17.0 Å². The van der Waals surface area contributed by atoms with E-state index in [1.54, 1.807) is 24.3 Å². The fourth-order valence-electron chi connectivity index (χ4n) is 5.36. The Morgan fingerprint density at radius 2 is 1.60 bits per heavy atom. The van der Waals surface area contributed by atoms with Crippen LogP contribution in [0.4, 0.5) is 17.6 Å². The monoisotopic (exact) mass is 672 g/mol. The average Bonchev–Trinajstić information content (AvgIpc) is 3.63. The van der Waals surface area contributed by atoms with Crippen LogP contribution in [0.5, 0.6) is 0 Å². The van der Waals surface area contributed by atoms with Gasteiger partial charge in [0.2, 0.25) is 5.91 Å². The standard InChI is InChI=1S/C36H38F4N4O2S/c1-3-42(4-2)20-21-43(22-25-8-12-27(13-9-25)28-14-16-29(17-15-28)36(38,39)40)33(45)23-44-32-7-5-6-31(32)34(46)41-35(44)47-24-26-10-18-30(37)19-11-26/h8-19H,3-7,20-24H2,1-2H3/i10D,11D,18D,19D,23D2. The highest BCUT2D eigenvalue weighted by Gasteiger charge is 2.30. The molecule has 3 aromatic carbocycles. The summed E-state index contributed by atoms with van der Waals surface area (Å²) in [5, 5.41) is -0.195.